The summed E-state index contributed by atoms with van der Waals surface area (Å²) in [5, 5.41) is 2.80. The number of halogens is 1. The molecule has 2 bridgehead atoms. The van der Waals surface area contributed by atoms with Gasteiger partial charge in [-0.2, -0.15) is 0 Å². The molecule has 0 spiro atoms. The van der Waals surface area contributed by atoms with Gasteiger partial charge in [-0.1, -0.05) is 78.3 Å². The summed E-state index contributed by atoms with van der Waals surface area (Å²) < 4.78 is 6.41. The van der Waals surface area contributed by atoms with Crippen molar-refractivity contribution in [1.29, 1.82) is 0 Å². The normalized spacial score (nSPS) is 22.5. The molecule has 0 unspecified atom stereocenters. The van der Waals surface area contributed by atoms with Crippen molar-refractivity contribution in [3.05, 3.63) is 98.5 Å². The van der Waals surface area contributed by atoms with Gasteiger partial charge in [0.05, 0.1) is 11.8 Å². The number of carbonyl (C=O) groups excluding carboxylic acids is 4. The first-order valence-corrected chi connectivity index (χ1v) is 15.2. The maximum Gasteiger partial charge on any atom is 0.329 e. The van der Waals surface area contributed by atoms with Gasteiger partial charge >= 0.3 is 5.97 Å². The molecule has 0 radical (unpaired) electrons. The van der Waals surface area contributed by atoms with Crippen LogP contribution in [0.25, 0.3) is 0 Å². The second-order valence-electron chi connectivity index (χ2n) is 12.0. The van der Waals surface area contributed by atoms with Gasteiger partial charge in [0.15, 0.2) is 6.61 Å². The van der Waals surface area contributed by atoms with Crippen LogP contribution >= 0.6 is 15.9 Å². The van der Waals surface area contributed by atoms with Crippen LogP contribution in [0.4, 0.5) is 5.69 Å². The van der Waals surface area contributed by atoms with Gasteiger partial charge in [0, 0.05) is 22.0 Å². The van der Waals surface area contributed by atoms with E-state index in [1.807, 2.05) is 82.3 Å². The summed E-state index contributed by atoms with van der Waals surface area (Å²) in [7, 11) is 0. The predicted molar refractivity (Wildman–Crippen MR) is 162 cm³/mol. The maximum absolute atomic E-state index is 14.2. The van der Waals surface area contributed by atoms with Gasteiger partial charge in [0.25, 0.3) is 5.91 Å². The van der Waals surface area contributed by atoms with E-state index in [2.05, 4.69) is 21.2 Å². The third kappa shape index (κ3) is 4.47. The molecule has 42 heavy (non-hydrogen) atoms. The zero-order valence-corrected chi connectivity index (χ0v) is 25.6. The Morgan fingerprint density at radius 3 is 1.81 bits per heavy atom. The highest BCUT2D eigenvalue weighted by Crippen LogP contribution is 2.61. The Balaban J connectivity index is 1.26. The molecular weight excluding hydrogens is 596 g/mol. The summed E-state index contributed by atoms with van der Waals surface area (Å²) in [6.45, 7) is 7.18. The average molecular weight is 630 g/mol. The van der Waals surface area contributed by atoms with E-state index in [4.69, 9.17) is 4.74 Å². The molecule has 1 heterocycles. The number of benzene rings is 3. The molecule has 4 aliphatic rings. The van der Waals surface area contributed by atoms with Gasteiger partial charge in [0.2, 0.25) is 11.8 Å². The highest BCUT2D eigenvalue weighted by atomic mass is 79.9. The van der Waals surface area contributed by atoms with Gasteiger partial charge < -0.3 is 10.1 Å². The van der Waals surface area contributed by atoms with Crippen molar-refractivity contribution in [2.45, 2.75) is 52.0 Å². The van der Waals surface area contributed by atoms with Crippen LogP contribution in [0.1, 0.15) is 65.5 Å². The number of ether oxygens (including phenoxy) is 1. The van der Waals surface area contributed by atoms with E-state index in [-0.39, 0.29) is 36.0 Å². The summed E-state index contributed by atoms with van der Waals surface area (Å²) in [5.74, 6) is -3.59. The van der Waals surface area contributed by atoms with E-state index in [9.17, 15) is 19.2 Å². The van der Waals surface area contributed by atoms with Crippen LogP contribution in [0.5, 0.6) is 0 Å². The van der Waals surface area contributed by atoms with Crippen molar-refractivity contribution in [2.24, 2.45) is 17.8 Å². The first kappa shape index (κ1) is 28.3. The molecular formula is C34H33BrN2O5. The van der Waals surface area contributed by atoms with Crippen LogP contribution in [0.15, 0.2) is 65.1 Å². The first-order chi connectivity index (χ1) is 20.1. The number of nitrogens with one attached hydrogen (secondary N) is 1. The molecule has 3 amide bonds. The molecule has 216 valence electrons. The van der Waals surface area contributed by atoms with Crippen molar-refractivity contribution in [2.75, 3.05) is 11.9 Å². The Morgan fingerprint density at radius 1 is 0.833 bits per heavy atom. The van der Waals surface area contributed by atoms with Crippen molar-refractivity contribution in [1.82, 2.24) is 4.90 Å². The highest BCUT2D eigenvalue weighted by molar-refractivity contribution is 9.10. The van der Waals surface area contributed by atoms with Crippen LogP contribution < -0.4 is 5.32 Å². The minimum Gasteiger partial charge on any atom is -0.454 e. The number of hydrogen-bond donors (Lipinski definition) is 1. The maximum atomic E-state index is 14.2. The quantitative estimate of drug-likeness (QED) is 0.262. The Morgan fingerprint density at radius 2 is 1.33 bits per heavy atom. The van der Waals surface area contributed by atoms with E-state index in [0.29, 0.717) is 5.69 Å². The Kier molecular flexibility index (Phi) is 7.29. The summed E-state index contributed by atoms with van der Waals surface area (Å²) in [4.78, 5) is 55.8. The number of carbonyl (C=O) groups is 4. The van der Waals surface area contributed by atoms with Crippen LogP contribution in [0, 0.1) is 31.6 Å². The minimum atomic E-state index is -1.11. The van der Waals surface area contributed by atoms with Gasteiger partial charge in [0.1, 0.15) is 6.04 Å². The van der Waals surface area contributed by atoms with E-state index < -0.39 is 36.4 Å². The molecule has 0 aromatic heterocycles. The Bertz CT molecular complexity index is 1520. The SMILES string of the molecule is Cc1c(Br)ccc(NC(=O)COC(=O)[C@H](CC(C)C)N2C(=O)[C@@H]3C4c5ccccc5C(c5ccccc54)[C@@H]3C2=O)c1C. The van der Waals surface area contributed by atoms with Gasteiger partial charge in [-0.05, 0) is 71.7 Å². The molecule has 3 aromatic carbocycles. The highest BCUT2D eigenvalue weighted by Gasteiger charge is 2.63. The number of amides is 3. The number of imide groups is 1. The molecule has 8 heteroatoms. The summed E-state index contributed by atoms with van der Waals surface area (Å²) >= 11 is 3.48. The molecule has 1 N–H and O–H groups in total. The molecule has 1 saturated heterocycles. The number of anilines is 1. The van der Waals surface area contributed by atoms with Crippen LogP contribution in [0.3, 0.4) is 0 Å². The lowest BCUT2D eigenvalue weighted by Crippen LogP contribution is -2.47. The lowest BCUT2D eigenvalue weighted by Gasteiger charge is -2.45. The fourth-order valence-corrected chi connectivity index (χ4v) is 7.53. The van der Waals surface area contributed by atoms with E-state index in [1.165, 1.54) is 0 Å². The molecule has 7 nitrogen and oxygen atoms in total. The molecule has 0 saturated carbocycles. The number of esters is 1. The lowest BCUT2D eigenvalue weighted by atomic mass is 9.55. The van der Waals surface area contributed by atoms with Crippen LogP contribution in [0.2, 0.25) is 0 Å². The summed E-state index contributed by atoms with van der Waals surface area (Å²) in [5.41, 5.74) is 6.81. The fraction of sp³-hybridized carbons (Fsp3) is 0.353. The Hall–Kier alpha value is -3.78. The molecule has 3 atom stereocenters. The fourth-order valence-electron chi connectivity index (χ4n) is 7.10. The number of nitrogens with zero attached hydrogens (tertiary/aromatic N) is 1. The van der Waals surface area contributed by atoms with Crippen molar-refractivity contribution >= 4 is 45.3 Å². The number of hydrogen-bond acceptors (Lipinski definition) is 5. The molecule has 1 fully saturated rings. The predicted octanol–water partition coefficient (Wildman–Crippen LogP) is 5.85. The number of rotatable bonds is 7. The standard InChI is InChI=1S/C34H33BrN2O5/c1-17(2)15-26(34(41)42-16-27(38)36-25-14-13-24(35)18(3)19(25)4)37-32(39)30-28-20-9-5-6-10-21(20)29(31(30)33(37)40)23-12-8-7-11-22(23)28/h5-14,17,26,28-31H,15-16H2,1-4H3,(H,36,38)/t26-,28?,29?,30-,31+/m0/s1. The minimum absolute atomic E-state index is 0.000823. The largest absolute Gasteiger partial charge is 0.454 e. The molecule has 3 aliphatic carbocycles. The second kappa shape index (κ2) is 10.8. The van der Waals surface area contributed by atoms with Gasteiger partial charge in [-0.25, -0.2) is 4.79 Å². The zero-order valence-electron chi connectivity index (χ0n) is 24.0. The molecule has 3 aromatic rings. The van der Waals surface area contributed by atoms with E-state index in [1.54, 1.807) is 6.07 Å². The monoisotopic (exact) mass is 628 g/mol. The first-order valence-electron chi connectivity index (χ1n) is 14.4. The molecule has 1 aliphatic heterocycles. The van der Waals surface area contributed by atoms with Crippen molar-refractivity contribution < 1.29 is 23.9 Å². The van der Waals surface area contributed by atoms with Crippen LogP contribution in [-0.4, -0.2) is 41.2 Å². The lowest BCUT2D eigenvalue weighted by molar-refractivity contribution is -0.160. The smallest absolute Gasteiger partial charge is 0.329 e. The molecule has 7 rings (SSSR count). The van der Waals surface area contributed by atoms with E-state index >= 15 is 0 Å². The van der Waals surface area contributed by atoms with Crippen molar-refractivity contribution in [3.63, 3.8) is 0 Å². The Labute approximate surface area is 253 Å². The third-order valence-electron chi connectivity index (χ3n) is 9.10. The van der Waals surface area contributed by atoms with Gasteiger partial charge in [-0.3, -0.25) is 19.3 Å². The topological polar surface area (TPSA) is 92.8 Å². The summed E-state index contributed by atoms with van der Waals surface area (Å²) in [6, 6.07) is 18.6. The van der Waals surface area contributed by atoms with Gasteiger partial charge in [-0.15, -0.1) is 0 Å². The van der Waals surface area contributed by atoms with E-state index in [0.717, 1.165) is 42.8 Å². The van der Waals surface area contributed by atoms with Crippen LogP contribution in [-0.2, 0) is 23.9 Å². The second-order valence-corrected chi connectivity index (χ2v) is 12.8. The zero-order chi connectivity index (χ0) is 29.9. The van der Waals surface area contributed by atoms with Crippen molar-refractivity contribution in [3.8, 4) is 0 Å². The number of likely N-dealkylation sites (tertiary alicyclic amines) is 1. The summed E-state index contributed by atoms with van der Waals surface area (Å²) in [6.07, 6.45) is 0.248. The third-order valence-corrected chi connectivity index (χ3v) is 9.96. The average Bonchev–Trinajstić information content (AvgIpc) is 3.24.